The first-order valence-corrected chi connectivity index (χ1v) is 3.58. The number of nitrogens with one attached hydrogen (secondary N) is 1. The molecule has 14 heavy (non-hydrogen) atoms. The Morgan fingerprint density at radius 1 is 1.57 bits per heavy atom. The molecule has 1 amide bonds. The monoisotopic (exact) mass is 187 g/mol. The number of aromatic nitrogens is 1. The molecule has 0 saturated carbocycles. The molecule has 0 radical (unpaired) electrons. The van der Waals surface area contributed by atoms with Crippen molar-refractivity contribution in [1.29, 1.82) is 5.26 Å². The van der Waals surface area contributed by atoms with Gasteiger partial charge in [0.1, 0.15) is 11.6 Å². The number of pyridine rings is 1. The number of primary amides is 1. The Bertz CT molecular complexity index is 525. The molecule has 1 aromatic rings. The minimum absolute atomic E-state index is 0.0544. The van der Waals surface area contributed by atoms with E-state index in [1.54, 1.807) is 6.07 Å². The van der Waals surface area contributed by atoms with Gasteiger partial charge in [-0.15, -0.1) is 0 Å². The van der Waals surface area contributed by atoms with E-state index in [9.17, 15) is 9.59 Å². The van der Waals surface area contributed by atoms with Gasteiger partial charge < -0.3 is 10.7 Å². The molecular formula is C9H5N3O2. The van der Waals surface area contributed by atoms with E-state index in [0.29, 0.717) is 5.56 Å². The van der Waals surface area contributed by atoms with Crippen LogP contribution in [0.4, 0.5) is 0 Å². The summed E-state index contributed by atoms with van der Waals surface area (Å²) in [5.41, 5.74) is 4.61. The number of hydrogen-bond acceptors (Lipinski definition) is 3. The van der Waals surface area contributed by atoms with E-state index in [4.69, 9.17) is 11.0 Å². The summed E-state index contributed by atoms with van der Waals surface area (Å²) in [5.74, 6) is 3.72. The average molecular weight is 187 g/mol. The minimum Gasteiger partial charge on any atom is -0.359 e. The lowest BCUT2D eigenvalue weighted by Gasteiger charge is -1.89. The van der Waals surface area contributed by atoms with E-state index in [1.807, 2.05) is 0 Å². The fraction of sp³-hybridized carbons (Fsp3) is 0. The molecule has 5 nitrogen and oxygen atoms in total. The number of H-pyrrole nitrogens is 1. The van der Waals surface area contributed by atoms with Crippen molar-refractivity contribution in [3.05, 3.63) is 33.7 Å². The molecule has 1 aromatic heterocycles. The van der Waals surface area contributed by atoms with Gasteiger partial charge in [-0.1, -0.05) is 5.92 Å². The van der Waals surface area contributed by atoms with Crippen LogP contribution in [-0.4, -0.2) is 10.9 Å². The number of nitrogens with two attached hydrogens (primary N) is 1. The van der Waals surface area contributed by atoms with Crippen LogP contribution in [0, 0.1) is 23.2 Å². The molecule has 0 aliphatic heterocycles. The van der Waals surface area contributed by atoms with Gasteiger partial charge in [-0.05, 0) is 6.07 Å². The van der Waals surface area contributed by atoms with Gasteiger partial charge in [0, 0.05) is 17.7 Å². The normalized spacial score (nSPS) is 8.21. The molecule has 0 aromatic carbocycles. The second-order valence-corrected chi connectivity index (χ2v) is 2.36. The molecule has 0 saturated heterocycles. The van der Waals surface area contributed by atoms with Crippen LogP contribution in [0.5, 0.6) is 0 Å². The summed E-state index contributed by atoms with van der Waals surface area (Å²) < 4.78 is 0. The van der Waals surface area contributed by atoms with Crippen LogP contribution in [0.3, 0.4) is 0 Å². The Morgan fingerprint density at radius 3 is 2.86 bits per heavy atom. The lowest BCUT2D eigenvalue weighted by Crippen LogP contribution is -2.09. The average Bonchev–Trinajstić information content (AvgIpc) is 2.16. The number of amides is 1. The van der Waals surface area contributed by atoms with Crippen LogP contribution >= 0.6 is 0 Å². The second-order valence-electron chi connectivity index (χ2n) is 2.36. The van der Waals surface area contributed by atoms with Crippen molar-refractivity contribution in [1.82, 2.24) is 4.98 Å². The van der Waals surface area contributed by atoms with Crippen LogP contribution < -0.4 is 11.3 Å². The molecule has 1 rings (SSSR count). The van der Waals surface area contributed by atoms with Crippen LogP contribution in [0.25, 0.3) is 0 Å². The number of carbonyl (C=O) groups is 1. The summed E-state index contributed by atoms with van der Waals surface area (Å²) in [6.07, 6.45) is 1.30. The lowest BCUT2D eigenvalue weighted by molar-refractivity contribution is -0.112. The standard InChI is InChI=1S/C9H5N3O2/c10-4-7-3-6(1-2-8(11)13)5-12-9(7)14/h3,5H,(H2,11,13)(H,12,14). The number of nitriles is 1. The van der Waals surface area contributed by atoms with Gasteiger partial charge in [-0.3, -0.25) is 9.59 Å². The largest absolute Gasteiger partial charge is 0.359 e. The fourth-order valence-corrected chi connectivity index (χ4v) is 0.773. The molecule has 0 spiro atoms. The van der Waals surface area contributed by atoms with Crippen LogP contribution in [0.1, 0.15) is 11.1 Å². The Morgan fingerprint density at radius 2 is 2.29 bits per heavy atom. The third-order valence-corrected chi connectivity index (χ3v) is 1.35. The van der Waals surface area contributed by atoms with Crippen LogP contribution in [0.15, 0.2) is 17.1 Å². The Hall–Kier alpha value is -2.53. The zero-order valence-electron chi connectivity index (χ0n) is 7.00. The first-order valence-electron chi connectivity index (χ1n) is 3.58. The zero-order valence-corrected chi connectivity index (χ0v) is 7.00. The molecular weight excluding hydrogens is 182 g/mol. The van der Waals surface area contributed by atoms with E-state index in [0.717, 1.165) is 0 Å². The second kappa shape index (κ2) is 3.92. The molecule has 0 unspecified atom stereocenters. The Balaban J connectivity index is 3.17. The number of nitrogens with zero attached hydrogens (tertiary/aromatic N) is 1. The van der Waals surface area contributed by atoms with Gasteiger partial charge >= 0.3 is 0 Å². The molecule has 3 N–H and O–H groups in total. The first-order chi connectivity index (χ1) is 6.63. The minimum atomic E-state index is -0.769. The highest BCUT2D eigenvalue weighted by molar-refractivity contribution is 5.92. The predicted octanol–water partition coefficient (Wildman–Crippen LogP) is -0.917. The van der Waals surface area contributed by atoms with Crippen molar-refractivity contribution in [2.45, 2.75) is 0 Å². The van der Waals surface area contributed by atoms with Crippen molar-refractivity contribution in [3.63, 3.8) is 0 Å². The SMILES string of the molecule is N#Cc1cc(C#CC(N)=O)c[nH]c1=O. The van der Waals surface area contributed by atoms with Crippen molar-refractivity contribution in [3.8, 4) is 17.9 Å². The fourth-order valence-electron chi connectivity index (χ4n) is 0.773. The Labute approximate surface area is 79.2 Å². The number of rotatable bonds is 0. The van der Waals surface area contributed by atoms with Gasteiger partial charge in [-0.25, -0.2) is 0 Å². The van der Waals surface area contributed by atoms with E-state index < -0.39 is 11.5 Å². The van der Waals surface area contributed by atoms with Crippen molar-refractivity contribution in [2.75, 3.05) is 0 Å². The number of aromatic amines is 1. The van der Waals surface area contributed by atoms with E-state index in [-0.39, 0.29) is 5.56 Å². The van der Waals surface area contributed by atoms with Gasteiger partial charge in [0.2, 0.25) is 0 Å². The zero-order chi connectivity index (χ0) is 10.6. The van der Waals surface area contributed by atoms with Gasteiger partial charge in [-0.2, -0.15) is 5.26 Å². The summed E-state index contributed by atoms with van der Waals surface area (Å²) >= 11 is 0. The maximum Gasteiger partial charge on any atom is 0.293 e. The third kappa shape index (κ3) is 2.23. The summed E-state index contributed by atoms with van der Waals surface area (Å²) in [6.45, 7) is 0. The maximum absolute atomic E-state index is 10.9. The maximum atomic E-state index is 10.9. The highest BCUT2D eigenvalue weighted by atomic mass is 16.1. The number of hydrogen-bond donors (Lipinski definition) is 2. The molecule has 68 valence electrons. The van der Waals surface area contributed by atoms with Gasteiger partial charge in [0.15, 0.2) is 0 Å². The van der Waals surface area contributed by atoms with E-state index >= 15 is 0 Å². The van der Waals surface area contributed by atoms with Crippen molar-refractivity contribution >= 4 is 5.91 Å². The molecule has 0 fully saturated rings. The van der Waals surface area contributed by atoms with Gasteiger partial charge in [0.25, 0.3) is 11.5 Å². The van der Waals surface area contributed by atoms with Crippen LogP contribution in [-0.2, 0) is 4.79 Å². The van der Waals surface area contributed by atoms with E-state index in [1.165, 1.54) is 12.3 Å². The number of carbonyl (C=O) groups excluding carboxylic acids is 1. The highest BCUT2D eigenvalue weighted by Crippen LogP contribution is 1.94. The molecule has 0 aliphatic rings. The molecule has 1 heterocycles. The van der Waals surface area contributed by atoms with E-state index in [2.05, 4.69) is 16.8 Å². The summed E-state index contributed by atoms with van der Waals surface area (Å²) in [7, 11) is 0. The van der Waals surface area contributed by atoms with Crippen molar-refractivity contribution < 1.29 is 4.79 Å². The van der Waals surface area contributed by atoms with Crippen LogP contribution in [0.2, 0.25) is 0 Å². The lowest BCUT2D eigenvalue weighted by atomic mass is 10.2. The molecule has 0 aliphatic carbocycles. The third-order valence-electron chi connectivity index (χ3n) is 1.35. The molecule has 0 bridgehead atoms. The molecule has 5 heteroatoms. The predicted molar refractivity (Wildman–Crippen MR) is 47.9 cm³/mol. The summed E-state index contributed by atoms with van der Waals surface area (Å²) in [6, 6.07) is 2.98. The summed E-state index contributed by atoms with van der Waals surface area (Å²) in [5, 5.41) is 8.51. The quantitative estimate of drug-likeness (QED) is 0.514. The van der Waals surface area contributed by atoms with Crippen molar-refractivity contribution in [2.24, 2.45) is 5.73 Å². The molecule has 0 atom stereocenters. The topological polar surface area (TPSA) is 99.7 Å². The summed E-state index contributed by atoms with van der Waals surface area (Å²) in [4.78, 5) is 23.5. The first kappa shape index (κ1) is 9.56. The van der Waals surface area contributed by atoms with Gasteiger partial charge in [0.05, 0.1) is 0 Å². The Kier molecular flexibility index (Phi) is 2.68. The smallest absolute Gasteiger partial charge is 0.293 e. The highest BCUT2D eigenvalue weighted by Gasteiger charge is 1.97.